The molecule has 8 nitrogen and oxygen atoms in total. The summed E-state index contributed by atoms with van der Waals surface area (Å²) in [6.07, 6.45) is 0. The van der Waals surface area contributed by atoms with Gasteiger partial charge in [-0.1, -0.05) is 41.4 Å². The number of amides is 1. The fraction of sp³-hybridized carbons (Fsp3) is 0.182. The lowest BCUT2D eigenvalue weighted by molar-refractivity contribution is -0.118. The van der Waals surface area contributed by atoms with E-state index in [-0.39, 0.29) is 28.8 Å². The zero-order chi connectivity index (χ0) is 23.3. The number of nitrogens with one attached hydrogen (secondary N) is 1. The number of aromatic nitrogens is 2. The average Bonchev–Trinajstić information content (AvgIpc) is 2.74. The summed E-state index contributed by atoms with van der Waals surface area (Å²) in [6.45, 7) is 3.11. The molecule has 3 aromatic rings. The summed E-state index contributed by atoms with van der Waals surface area (Å²) < 4.78 is 11.5. The van der Waals surface area contributed by atoms with Crippen molar-refractivity contribution in [1.29, 1.82) is 0 Å². The normalized spacial score (nSPS) is 10.5. The van der Waals surface area contributed by atoms with E-state index in [1.165, 1.54) is 12.1 Å². The van der Waals surface area contributed by atoms with Crippen molar-refractivity contribution in [2.45, 2.75) is 13.8 Å². The van der Waals surface area contributed by atoms with Gasteiger partial charge in [0.05, 0.1) is 23.0 Å². The Hall–Kier alpha value is -3.36. The SMILES string of the molecule is CCOC(=O)c1nn(-c2ccccc2C)c(=O)cc1NC(=O)COc1ccc(Cl)cc1Cl. The number of hydrogen-bond donors (Lipinski definition) is 1. The largest absolute Gasteiger partial charge is 0.482 e. The van der Waals surface area contributed by atoms with Gasteiger partial charge in [0.15, 0.2) is 12.3 Å². The smallest absolute Gasteiger partial charge is 0.360 e. The molecular formula is C22H19Cl2N3O5. The third kappa shape index (κ3) is 5.46. The summed E-state index contributed by atoms with van der Waals surface area (Å²) in [5, 5.41) is 7.29. The molecule has 10 heteroatoms. The first-order chi connectivity index (χ1) is 15.3. The maximum atomic E-state index is 12.7. The number of hydrogen-bond acceptors (Lipinski definition) is 6. The second kappa shape index (κ2) is 10.3. The van der Waals surface area contributed by atoms with Crippen LogP contribution in [0.15, 0.2) is 53.3 Å². The number of carbonyl (C=O) groups excluding carboxylic acids is 2. The Kier molecular flexibility index (Phi) is 7.50. The second-order valence-electron chi connectivity index (χ2n) is 6.58. The molecule has 0 spiro atoms. The monoisotopic (exact) mass is 475 g/mol. The summed E-state index contributed by atoms with van der Waals surface area (Å²) in [4.78, 5) is 37.6. The lowest BCUT2D eigenvalue weighted by Gasteiger charge is -2.14. The van der Waals surface area contributed by atoms with Crippen molar-refractivity contribution in [3.8, 4) is 11.4 Å². The molecule has 3 rings (SSSR count). The van der Waals surface area contributed by atoms with Gasteiger partial charge in [0.25, 0.3) is 11.5 Å². The first-order valence-corrected chi connectivity index (χ1v) is 10.3. The van der Waals surface area contributed by atoms with Gasteiger partial charge in [-0.15, -0.1) is 0 Å². The van der Waals surface area contributed by atoms with Crippen LogP contribution in [0.1, 0.15) is 23.0 Å². The molecule has 0 saturated heterocycles. The number of para-hydroxylation sites is 1. The van der Waals surface area contributed by atoms with Crippen LogP contribution < -0.4 is 15.6 Å². The van der Waals surface area contributed by atoms with Crippen LogP contribution in [0.2, 0.25) is 10.0 Å². The van der Waals surface area contributed by atoms with Crippen LogP contribution in [-0.2, 0) is 9.53 Å². The molecule has 0 fully saturated rings. The van der Waals surface area contributed by atoms with Gasteiger partial charge in [-0.05, 0) is 43.7 Å². The Morgan fingerprint density at radius 1 is 1.12 bits per heavy atom. The maximum absolute atomic E-state index is 12.7. The van der Waals surface area contributed by atoms with Gasteiger partial charge in [-0.25, -0.2) is 4.79 Å². The predicted octanol–water partition coefficient (Wildman–Crippen LogP) is 4.04. The minimum absolute atomic E-state index is 0.0888. The maximum Gasteiger partial charge on any atom is 0.360 e. The minimum Gasteiger partial charge on any atom is -0.482 e. The first kappa shape index (κ1) is 23.3. The zero-order valence-electron chi connectivity index (χ0n) is 17.2. The minimum atomic E-state index is -0.785. The Bertz CT molecular complexity index is 1230. The van der Waals surface area contributed by atoms with Gasteiger partial charge >= 0.3 is 5.97 Å². The molecule has 1 amide bonds. The molecule has 0 unspecified atom stereocenters. The van der Waals surface area contributed by atoms with Crippen LogP contribution in [-0.4, -0.2) is 34.9 Å². The van der Waals surface area contributed by atoms with Crippen LogP contribution in [0.5, 0.6) is 5.75 Å². The highest BCUT2D eigenvalue weighted by atomic mass is 35.5. The van der Waals surface area contributed by atoms with E-state index in [2.05, 4.69) is 10.4 Å². The van der Waals surface area contributed by atoms with Crippen LogP contribution in [0.4, 0.5) is 5.69 Å². The third-order valence-electron chi connectivity index (χ3n) is 4.27. The highest BCUT2D eigenvalue weighted by Crippen LogP contribution is 2.27. The lowest BCUT2D eigenvalue weighted by atomic mass is 10.2. The summed E-state index contributed by atoms with van der Waals surface area (Å²) >= 11 is 11.9. The Labute approximate surface area is 193 Å². The van der Waals surface area contributed by atoms with Crippen molar-refractivity contribution >= 4 is 40.8 Å². The first-order valence-electron chi connectivity index (χ1n) is 9.55. The molecule has 1 aromatic heterocycles. The predicted molar refractivity (Wildman–Crippen MR) is 121 cm³/mol. The van der Waals surface area contributed by atoms with Gasteiger partial charge in [0.1, 0.15) is 5.75 Å². The van der Waals surface area contributed by atoms with Crippen LogP contribution in [0.3, 0.4) is 0 Å². The molecule has 2 aromatic carbocycles. The lowest BCUT2D eigenvalue weighted by Crippen LogP contribution is -2.29. The molecule has 0 atom stereocenters. The number of ether oxygens (including phenoxy) is 2. The number of esters is 1. The number of aryl methyl sites for hydroxylation is 1. The molecule has 0 saturated carbocycles. The summed E-state index contributed by atoms with van der Waals surface area (Å²) in [6, 6.07) is 12.7. The van der Waals surface area contributed by atoms with E-state index in [1.807, 2.05) is 19.1 Å². The quantitative estimate of drug-likeness (QED) is 0.517. The average molecular weight is 476 g/mol. The molecular weight excluding hydrogens is 457 g/mol. The Morgan fingerprint density at radius 2 is 1.88 bits per heavy atom. The second-order valence-corrected chi connectivity index (χ2v) is 7.42. The van der Waals surface area contributed by atoms with Crippen LogP contribution in [0, 0.1) is 6.92 Å². The van der Waals surface area contributed by atoms with Gasteiger partial charge in [0, 0.05) is 11.1 Å². The number of rotatable bonds is 7. The van der Waals surface area contributed by atoms with Crippen molar-refractivity contribution < 1.29 is 19.1 Å². The number of halogens is 2. The van der Waals surface area contributed by atoms with Crippen LogP contribution >= 0.6 is 23.2 Å². The number of nitrogens with zero attached hydrogens (tertiary/aromatic N) is 2. The fourth-order valence-corrected chi connectivity index (χ4v) is 3.26. The van der Waals surface area contributed by atoms with E-state index < -0.39 is 24.0 Å². The van der Waals surface area contributed by atoms with E-state index in [0.29, 0.717) is 10.7 Å². The molecule has 0 radical (unpaired) electrons. The van der Waals surface area contributed by atoms with Crippen molar-refractivity contribution in [1.82, 2.24) is 9.78 Å². The molecule has 0 aliphatic heterocycles. The van der Waals surface area contributed by atoms with E-state index >= 15 is 0 Å². The highest BCUT2D eigenvalue weighted by Gasteiger charge is 2.21. The molecule has 0 bridgehead atoms. The number of anilines is 1. The molecule has 32 heavy (non-hydrogen) atoms. The number of carbonyl (C=O) groups is 2. The Balaban J connectivity index is 1.88. The topological polar surface area (TPSA) is 99.5 Å². The van der Waals surface area contributed by atoms with E-state index in [9.17, 15) is 14.4 Å². The standard InChI is InChI=1S/C22H19Cl2N3O5/c1-3-31-22(30)21-16(11-20(29)27(26-21)17-7-5-4-6-13(17)2)25-19(28)12-32-18-9-8-14(23)10-15(18)24/h4-11H,3,12H2,1-2H3,(H,25,28). The number of benzene rings is 2. The van der Waals surface area contributed by atoms with Crippen molar-refractivity contribution in [2.75, 3.05) is 18.5 Å². The van der Waals surface area contributed by atoms with Crippen LogP contribution in [0.25, 0.3) is 5.69 Å². The fourth-order valence-electron chi connectivity index (χ4n) is 2.80. The van der Waals surface area contributed by atoms with Gasteiger partial charge in [-0.3, -0.25) is 9.59 Å². The van der Waals surface area contributed by atoms with Crippen molar-refractivity contribution in [3.05, 3.63) is 80.2 Å². The van der Waals surface area contributed by atoms with Gasteiger partial charge in [-0.2, -0.15) is 9.78 Å². The highest BCUT2D eigenvalue weighted by molar-refractivity contribution is 6.35. The molecule has 166 valence electrons. The Morgan fingerprint density at radius 3 is 2.56 bits per heavy atom. The van der Waals surface area contributed by atoms with Crippen molar-refractivity contribution in [2.24, 2.45) is 0 Å². The van der Waals surface area contributed by atoms with E-state index in [0.717, 1.165) is 16.3 Å². The van der Waals surface area contributed by atoms with E-state index in [1.54, 1.807) is 25.1 Å². The molecule has 1 N–H and O–H groups in total. The third-order valence-corrected chi connectivity index (χ3v) is 4.80. The van der Waals surface area contributed by atoms with Crippen molar-refractivity contribution in [3.63, 3.8) is 0 Å². The van der Waals surface area contributed by atoms with Gasteiger partial charge in [0.2, 0.25) is 0 Å². The summed E-state index contributed by atoms with van der Waals surface area (Å²) in [5.41, 5.74) is 0.439. The van der Waals surface area contributed by atoms with E-state index in [4.69, 9.17) is 32.7 Å². The molecule has 0 aliphatic carbocycles. The van der Waals surface area contributed by atoms with Gasteiger partial charge < -0.3 is 14.8 Å². The summed E-state index contributed by atoms with van der Waals surface area (Å²) in [5.74, 6) is -1.16. The molecule has 1 heterocycles. The summed E-state index contributed by atoms with van der Waals surface area (Å²) in [7, 11) is 0. The zero-order valence-corrected chi connectivity index (χ0v) is 18.7. The molecule has 0 aliphatic rings.